The topological polar surface area (TPSA) is 92.8 Å². The van der Waals surface area contributed by atoms with Gasteiger partial charge in [0, 0.05) is 6.42 Å². The van der Waals surface area contributed by atoms with Crippen LogP contribution in [0, 0.1) is 11.8 Å². The summed E-state index contributed by atoms with van der Waals surface area (Å²) in [5, 5.41) is 17.0. The van der Waals surface area contributed by atoms with Crippen molar-refractivity contribution in [3.8, 4) is 0 Å². The number of H-pyrrole nitrogens is 1. The van der Waals surface area contributed by atoms with Crippen molar-refractivity contribution in [1.82, 2.24) is 25.9 Å². The Balaban J connectivity index is 1.54. The number of carbonyl (C=O) groups excluding carboxylic acids is 1. The van der Waals surface area contributed by atoms with Crippen LogP contribution < -0.4 is 5.32 Å². The normalized spacial score (nSPS) is 33.0. The number of aromatic nitrogens is 4. The van der Waals surface area contributed by atoms with Gasteiger partial charge in [0.15, 0.2) is 5.82 Å². The van der Waals surface area contributed by atoms with Crippen molar-refractivity contribution in [2.75, 3.05) is 13.2 Å². The van der Waals surface area contributed by atoms with E-state index in [2.05, 4.69) is 25.9 Å². The fourth-order valence-electron chi connectivity index (χ4n) is 3.98. The highest BCUT2D eigenvalue weighted by molar-refractivity contribution is 5.75. The molecule has 134 valence electrons. The molecule has 0 unspecified atom stereocenters. The molecule has 0 spiro atoms. The van der Waals surface area contributed by atoms with Gasteiger partial charge in [-0.05, 0) is 56.9 Å². The molecule has 1 aromatic rings. The highest BCUT2D eigenvalue weighted by Crippen LogP contribution is 2.44. The Hall–Kier alpha value is -1.57. The highest BCUT2D eigenvalue weighted by atomic mass is 19.1. The molecule has 0 amide bonds. The molecule has 2 heterocycles. The molecule has 8 heteroatoms. The average Bonchev–Trinajstić information content (AvgIpc) is 3.11. The van der Waals surface area contributed by atoms with Crippen LogP contribution in [-0.4, -0.2) is 51.5 Å². The fraction of sp³-hybridized carbons (Fsp3) is 0.875. The summed E-state index contributed by atoms with van der Waals surface area (Å²) in [6.45, 7) is 3.19. The summed E-state index contributed by atoms with van der Waals surface area (Å²) >= 11 is 0. The maximum absolute atomic E-state index is 15.2. The molecular weight excluding hydrogens is 313 g/mol. The molecule has 1 aliphatic heterocycles. The van der Waals surface area contributed by atoms with Gasteiger partial charge in [0.2, 0.25) is 0 Å². The summed E-state index contributed by atoms with van der Waals surface area (Å²) in [7, 11) is 0. The van der Waals surface area contributed by atoms with E-state index in [4.69, 9.17) is 4.74 Å². The second kappa shape index (κ2) is 7.55. The lowest BCUT2D eigenvalue weighted by molar-refractivity contribution is -0.148. The van der Waals surface area contributed by atoms with E-state index >= 15 is 4.39 Å². The number of rotatable bonds is 6. The van der Waals surface area contributed by atoms with Crippen molar-refractivity contribution in [2.45, 2.75) is 63.6 Å². The molecule has 3 rings (SSSR count). The predicted molar refractivity (Wildman–Crippen MR) is 84.8 cm³/mol. The molecule has 0 bridgehead atoms. The summed E-state index contributed by atoms with van der Waals surface area (Å²) in [4.78, 5) is 12.1. The molecule has 0 aromatic carbocycles. The number of ether oxygens (including phenoxy) is 1. The summed E-state index contributed by atoms with van der Waals surface area (Å²) < 4.78 is 20.5. The number of halogens is 1. The first-order valence-electron chi connectivity index (χ1n) is 8.91. The predicted octanol–water partition coefficient (Wildman–Crippen LogP) is 1.57. The Morgan fingerprint density at radius 2 is 2.33 bits per heavy atom. The van der Waals surface area contributed by atoms with E-state index in [1.807, 2.05) is 6.92 Å². The van der Waals surface area contributed by atoms with E-state index in [1.165, 1.54) is 0 Å². The van der Waals surface area contributed by atoms with Crippen LogP contribution in [-0.2, 0) is 16.0 Å². The first-order valence-corrected chi connectivity index (χ1v) is 8.91. The summed E-state index contributed by atoms with van der Waals surface area (Å²) in [5.41, 5.74) is -1.20. The Kier molecular flexibility index (Phi) is 5.43. The van der Waals surface area contributed by atoms with Gasteiger partial charge in [0.1, 0.15) is 11.7 Å². The number of alkyl halides is 1. The number of tetrazole rings is 1. The minimum Gasteiger partial charge on any atom is -0.465 e. The molecule has 2 aliphatic rings. The standard InChI is InChI=1S/C16H26FN5O2/c1-2-7-24-15(23)13-8-12-9-16(17,5-3-11(12)10-18-13)6-4-14-19-21-22-20-14/h11-13,18H,2-10H2,1H3,(H,19,20,21,22)/t11-,12-,13-,16-/m0/s1. The number of aryl methyl sites for hydroxylation is 1. The van der Waals surface area contributed by atoms with E-state index in [9.17, 15) is 4.79 Å². The second-order valence-corrected chi connectivity index (χ2v) is 7.11. The molecule has 7 nitrogen and oxygen atoms in total. The maximum Gasteiger partial charge on any atom is 0.323 e. The molecule has 1 saturated heterocycles. The van der Waals surface area contributed by atoms with Gasteiger partial charge in [0.25, 0.3) is 0 Å². The minimum atomic E-state index is -1.20. The van der Waals surface area contributed by atoms with Gasteiger partial charge in [-0.2, -0.15) is 5.21 Å². The van der Waals surface area contributed by atoms with Crippen LogP contribution >= 0.6 is 0 Å². The van der Waals surface area contributed by atoms with Gasteiger partial charge in [-0.1, -0.05) is 12.1 Å². The molecule has 4 atom stereocenters. The lowest BCUT2D eigenvalue weighted by Gasteiger charge is -2.44. The number of fused-ring (bicyclic) bond motifs is 1. The number of esters is 1. The van der Waals surface area contributed by atoms with Crippen LogP contribution in [0.3, 0.4) is 0 Å². The Labute approximate surface area is 141 Å². The number of carbonyl (C=O) groups is 1. The number of hydrogen-bond donors (Lipinski definition) is 2. The first-order chi connectivity index (χ1) is 11.6. The van der Waals surface area contributed by atoms with Crippen LogP contribution in [0.15, 0.2) is 0 Å². The van der Waals surface area contributed by atoms with Gasteiger partial charge < -0.3 is 10.1 Å². The monoisotopic (exact) mass is 339 g/mol. The molecule has 1 saturated carbocycles. The molecule has 2 fully saturated rings. The van der Waals surface area contributed by atoms with Crippen LogP contribution in [0.4, 0.5) is 4.39 Å². The van der Waals surface area contributed by atoms with Gasteiger partial charge in [0.05, 0.1) is 6.61 Å². The molecule has 2 N–H and O–H groups in total. The molecule has 1 aromatic heterocycles. The zero-order valence-electron chi connectivity index (χ0n) is 14.1. The quantitative estimate of drug-likeness (QED) is 0.764. The Bertz CT molecular complexity index is 541. The third kappa shape index (κ3) is 4.09. The summed E-state index contributed by atoms with van der Waals surface area (Å²) in [6.07, 6.45) is 4.32. The number of aromatic amines is 1. The molecular formula is C16H26FN5O2. The number of nitrogens with one attached hydrogen (secondary N) is 2. The molecule has 1 aliphatic carbocycles. The number of nitrogens with zero attached hydrogens (tertiary/aromatic N) is 3. The van der Waals surface area contributed by atoms with Gasteiger partial charge in [-0.25, -0.2) is 4.39 Å². The second-order valence-electron chi connectivity index (χ2n) is 7.11. The maximum atomic E-state index is 15.2. The summed E-state index contributed by atoms with van der Waals surface area (Å²) in [6, 6.07) is -0.294. The van der Waals surface area contributed by atoms with Crippen LogP contribution in [0.2, 0.25) is 0 Å². The Morgan fingerprint density at radius 1 is 1.46 bits per heavy atom. The van der Waals surface area contributed by atoms with E-state index < -0.39 is 5.67 Å². The number of piperidine rings is 1. The third-order valence-electron chi connectivity index (χ3n) is 5.34. The van der Waals surface area contributed by atoms with Gasteiger partial charge >= 0.3 is 5.97 Å². The lowest BCUT2D eigenvalue weighted by Crippen LogP contribution is -2.52. The number of hydrogen-bond acceptors (Lipinski definition) is 6. The molecule has 0 radical (unpaired) electrons. The zero-order valence-corrected chi connectivity index (χ0v) is 14.1. The average molecular weight is 339 g/mol. The largest absolute Gasteiger partial charge is 0.465 e. The minimum absolute atomic E-state index is 0.197. The lowest BCUT2D eigenvalue weighted by atomic mass is 9.67. The fourth-order valence-corrected chi connectivity index (χ4v) is 3.98. The van der Waals surface area contributed by atoms with Gasteiger partial charge in [-0.3, -0.25) is 4.79 Å². The van der Waals surface area contributed by atoms with E-state index in [0.717, 1.165) is 19.4 Å². The van der Waals surface area contributed by atoms with Crippen LogP contribution in [0.25, 0.3) is 0 Å². The van der Waals surface area contributed by atoms with Gasteiger partial charge in [-0.15, -0.1) is 10.2 Å². The van der Waals surface area contributed by atoms with Crippen molar-refractivity contribution in [3.63, 3.8) is 0 Å². The van der Waals surface area contributed by atoms with E-state index in [0.29, 0.717) is 50.5 Å². The highest BCUT2D eigenvalue weighted by Gasteiger charge is 2.44. The van der Waals surface area contributed by atoms with Crippen molar-refractivity contribution < 1.29 is 13.9 Å². The SMILES string of the molecule is CCCOC(=O)[C@@H]1C[C@H]2C[C@@](F)(CCc3nn[nH]n3)CC[C@H]2CN1. The third-order valence-corrected chi connectivity index (χ3v) is 5.34. The Morgan fingerprint density at radius 3 is 3.08 bits per heavy atom. The van der Waals surface area contributed by atoms with Crippen LogP contribution in [0.1, 0.15) is 51.3 Å². The van der Waals surface area contributed by atoms with Crippen molar-refractivity contribution >= 4 is 5.97 Å². The zero-order chi connectivity index (χ0) is 17.0. The van der Waals surface area contributed by atoms with E-state index in [1.54, 1.807) is 0 Å². The smallest absolute Gasteiger partial charge is 0.323 e. The van der Waals surface area contributed by atoms with Crippen molar-refractivity contribution in [3.05, 3.63) is 5.82 Å². The van der Waals surface area contributed by atoms with Crippen LogP contribution in [0.5, 0.6) is 0 Å². The van der Waals surface area contributed by atoms with Crippen molar-refractivity contribution in [1.29, 1.82) is 0 Å². The summed E-state index contributed by atoms with van der Waals surface area (Å²) in [5.74, 6) is 1.04. The van der Waals surface area contributed by atoms with Crippen molar-refractivity contribution in [2.24, 2.45) is 11.8 Å². The van der Waals surface area contributed by atoms with E-state index in [-0.39, 0.29) is 17.9 Å². The molecule has 24 heavy (non-hydrogen) atoms. The first kappa shape index (κ1) is 17.3.